The molecule has 0 amide bonds. The summed E-state index contributed by atoms with van der Waals surface area (Å²) in [7, 11) is 0. The van der Waals surface area contributed by atoms with Gasteiger partial charge in [-0.3, -0.25) is 4.79 Å². The highest BCUT2D eigenvalue weighted by Gasteiger charge is 2.23. The van der Waals surface area contributed by atoms with Crippen molar-refractivity contribution >= 4 is 5.97 Å². The summed E-state index contributed by atoms with van der Waals surface area (Å²) in [6.45, 7) is 2.99. The molecule has 32 heavy (non-hydrogen) atoms. The predicted molar refractivity (Wildman–Crippen MR) is 131 cm³/mol. The molecule has 0 aromatic rings. The highest BCUT2D eigenvalue weighted by molar-refractivity contribution is 5.67. The zero-order chi connectivity index (χ0) is 23.3. The lowest BCUT2D eigenvalue weighted by Gasteiger charge is -2.29. The van der Waals surface area contributed by atoms with Crippen LogP contribution in [0.5, 0.6) is 0 Å². The van der Waals surface area contributed by atoms with Crippen molar-refractivity contribution in [3.05, 3.63) is 12.2 Å². The first-order valence-corrected chi connectivity index (χ1v) is 13.4. The fraction of sp³-hybridized carbons (Fsp3) is 0.889. The summed E-state index contributed by atoms with van der Waals surface area (Å²) in [5.74, 6) is -0.966. The highest BCUT2D eigenvalue weighted by atomic mass is 16.7. The lowest BCUT2D eigenvalue weighted by Crippen LogP contribution is -2.31. The van der Waals surface area contributed by atoms with Crippen LogP contribution in [0.2, 0.25) is 0 Å². The van der Waals surface area contributed by atoms with Crippen LogP contribution in [0.4, 0.5) is 0 Å². The van der Waals surface area contributed by atoms with E-state index in [1.54, 1.807) is 0 Å². The molecule has 5 heteroatoms. The Kier molecular flexibility index (Phi) is 18.8. The van der Waals surface area contributed by atoms with Gasteiger partial charge >= 0.3 is 5.97 Å². The average molecular weight is 455 g/mol. The summed E-state index contributed by atoms with van der Waals surface area (Å²) in [4.78, 5) is 10.9. The van der Waals surface area contributed by atoms with Crippen LogP contribution in [-0.2, 0) is 14.3 Å². The van der Waals surface area contributed by atoms with Crippen molar-refractivity contribution in [2.45, 2.75) is 147 Å². The number of carboxylic acids is 1. The van der Waals surface area contributed by atoms with Crippen LogP contribution in [0.15, 0.2) is 12.2 Å². The minimum atomic E-state index is -0.966. The number of carboxylic acid groups (broad SMARTS) is 1. The van der Waals surface area contributed by atoms with E-state index in [9.17, 15) is 9.90 Å². The SMILES string of the molecule is CCCCCCCC/C=C\CCCCCCC[C@@H](C[C@H](O)CC(=O)O)OC1CCCCO1. The normalized spacial score (nSPS) is 18.8. The predicted octanol–water partition coefficient (Wildman–Crippen LogP) is 7.16. The van der Waals surface area contributed by atoms with Gasteiger partial charge in [0.15, 0.2) is 6.29 Å². The van der Waals surface area contributed by atoms with E-state index < -0.39 is 12.1 Å². The number of aliphatic hydroxyl groups excluding tert-OH is 1. The van der Waals surface area contributed by atoms with Crippen molar-refractivity contribution in [3.8, 4) is 0 Å². The van der Waals surface area contributed by atoms with E-state index in [0.29, 0.717) is 6.42 Å². The molecule has 1 unspecified atom stereocenters. The first kappa shape index (κ1) is 29.1. The van der Waals surface area contributed by atoms with Crippen LogP contribution >= 0.6 is 0 Å². The second kappa shape index (κ2) is 20.7. The van der Waals surface area contributed by atoms with Crippen LogP contribution in [-0.4, -0.2) is 41.3 Å². The molecule has 188 valence electrons. The molecule has 0 aromatic carbocycles. The van der Waals surface area contributed by atoms with E-state index in [2.05, 4.69) is 19.1 Å². The number of rotatable bonds is 21. The fourth-order valence-corrected chi connectivity index (χ4v) is 4.31. The monoisotopic (exact) mass is 454 g/mol. The number of carbonyl (C=O) groups is 1. The van der Waals surface area contributed by atoms with Crippen LogP contribution in [0.1, 0.15) is 129 Å². The van der Waals surface area contributed by atoms with Crippen molar-refractivity contribution in [1.29, 1.82) is 0 Å². The molecule has 1 saturated heterocycles. The first-order chi connectivity index (χ1) is 15.6. The zero-order valence-electron chi connectivity index (χ0n) is 20.6. The van der Waals surface area contributed by atoms with Crippen molar-refractivity contribution in [2.24, 2.45) is 0 Å². The fourth-order valence-electron chi connectivity index (χ4n) is 4.31. The molecule has 1 heterocycles. The van der Waals surface area contributed by atoms with Gasteiger partial charge in [-0.25, -0.2) is 0 Å². The van der Waals surface area contributed by atoms with Gasteiger partial charge in [-0.2, -0.15) is 0 Å². The minimum absolute atomic E-state index is 0.127. The van der Waals surface area contributed by atoms with Crippen molar-refractivity contribution in [2.75, 3.05) is 6.61 Å². The van der Waals surface area contributed by atoms with E-state index in [4.69, 9.17) is 14.6 Å². The third-order valence-corrected chi connectivity index (χ3v) is 6.22. The molecule has 1 aliphatic rings. The Hall–Kier alpha value is -0.910. The summed E-state index contributed by atoms with van der Waals surface area (Å²) in [5.41, 5.74) is 0. The number of allylic oxidation sites excluding steroid dienone is 2. The van der Waals surface area contributed by atoms with Gasteiger partial charge in [0.1, 0.15) is 0 Å². The molecule has 0 aliphatic carbocycles. The number of ether oxygens (including phenoxy) is 2. The van der Waals surface area contributed by atoms with Crippen molar-refractivity contribution in [1.82, 2.24) is 0 Å². The lowest BCUT2D eigenvalue weighted by molar-refractivity contribution is -0.194. The van der Waals surface area contributed by atoms with E-state index in [-0.39, 0.29) is 18.8 Å². The third-order valence-electron chi connectivity index (χ3n) is 6.22. The molecule has 0 bridgehead atoms. The summed E-state index contributed by atoms with van der Waals surface area (Å²) in [6, 6.07) is 0. The van der Waals surface area contributed by atoms with Crippen molar-refractivity contribution < 1.29 is 24.5 Å². The molecule has 5 nitrogen and oxygen atoms in total. The van der Waals surface area contributed by atoms with Gasteiger partial charge in [0.2, 0.25) is 0 Å². The Balaban J connectivity index is 2.07. The first-order valence-electron chi connectivity index (χ1n) is 13.4. The topological polar surface area (TPSA) is 76.0 Å². The van der Waals surface area contributed by atoms with Gasteiger partial charge in [0, 0.05) is 13.0 Å². The minimum Gasteiger partial charge on any atom is -0.481 e. The van der Waals surface area contributed by atoms with Gasteiger partial charge < -0.3 is 19.7 Å². The molecular weight excluding hydrogens is 404 g/mol. The van der Waals surface area contributed by atoms with E-state index in [1.165, 1.54) is 70.6 Å². The highest BCUT2D eigenvalue weighted by Crippen LogP contribution is 2.21. The Morgan fingerprint density at radius 2 is 1.59 bits per heavy atom. The van der Waals surface area contributed by atoms with Crippen LogP contribution < -0.4 is 0 Å². The maximum Gasteiger partial charge on any atom is 0.305 e. The summed E-state index contributed by atoms with van der Waals surface area (Å²) in [5, 5.41) is 18.9. The largest absolute Gasteiger partial charge is 0.481 e. The van der Waals surface area contributed by atoms with Crippen LogP contribution in [0.25, 0.3) is 0 Å². The third kappa shape index (κ3) is 17.6. The Morgan fingerprint density at radius 1 is 0.969 bits per heavy atom. The maximum absolute atomic E-state index is 10.9. The van der Waals surface area contributed by atoms with Crippen LogP contribution in [0, 0.1) is 0 Å². The van der Waals surface area contributed by atoms with Crippen LogP contribution in [0.3, 0.4) is 0 Å². The summed E-state index contributed by atoms with van der Waals surface area (Å²) in [6.07, 6.45) is 24.1. The van der Waals surface area contributed by atoms with Gasteiger partial charge in [-0.05, 0) is 51.4 Å². The smallest absolute Gasteiger partial charge is 0.305 e. The molecule has 0 radical (unpaired) electrons. The molecule has 1 aliphatic heterocycles. The lowest BCUT2D eigenvalue weighted by atomic mass is 10.0. The average Bonchev–Trinajstić information content (AvgIpc) is 2.76. The number of unbranched alkanes of at least 4 members (excludes halogenated alkanes) is 11. The number of hydrogen-bond donors (Lipinski definition) is 2. The molecule has 0 saturated carbocycles. The number of aliphatic hydroxyl groups is 1. The molecule has 0 spiro atoms. The Bertz CT molecular complexity index is 459. The Labute approximate surface area is 197 Å². The molecule has 1 rings (SSSR count). The van der Waals surface area contributed by atoms with E-state index >= 15 is 0 Å². The van der Waals surface area contributed by atoms with E-state index in [1.807, 2.05) is 0 Å². The second-order valence-corrected chi connectivity index (χ2v) is 9.41. The molecule has 3 atom stereocenters. The maximum atomic E-state index is 10.9. The molecule has 1 fully saturated rings. The van der Waals surface area contributed by atoms with Crippen molar-refractivity contribution in [3.63, 3.8) is 0 Å². The van der Waals surface area contributed by atoms with Gasteiger partial charge in [-0.15, -0.1) is 0 Å². The molecule has 0 aromatic heterocycles. The van der Waals surface area contributed by atoms with E-state index in [0.717, 1.165) is 45.1 Å². The number of hydrogen-bond acceptors (Lipinski definition) is 4. The standard InChI is InChI=1S/C27H50O5/c1-2-3-4-5-6-7-8-9-10-11-12-13-14-15-16-19-25(22-24(28)23-26(29)30)32-27-20-17-18-21-31-27/h9-10,24-25,27-28H,2-8,11-23H2,1H3,(H,29,30)/b10-9-/t24-,25-,27?/m0/s1. The molecular formula is C27H50O5. The second-order valence-electron chi connectivity index (χ2n) is 9.41. The quantitative estimate of drug-likeness (QED) is 0.142. The summed E-state index contributed by atoms with van der Waals surface area (Å²) >= 11 is 0. The molecule has 2 N–H and O–H groups in total. The number of aliphatic carboxylic acids is 1. The zero-order valence-corrected chi connectivity index (χ0v) is 20.6. The van der Waals surface area contributed by atoms with Gasteiger partial charge in [-0.1, -0.05) is 76.9 Å². The Morgan fingerprint density at radius 3 is 2.19 bits per heavy atom. The van der Waals surface area contributed by atoms with Gasteiger partial charge in [0.05, 0.1) is 18.6 Å². The van der Waals surface area contributed by atoms with Gasteiger partial charge in [0.25, 0.3) is 0 Å². The summed E-state index contributed by atoms with van der Waals surface area (Å²) < 4.78 is 11.8.